The fourth-order valence-corrected chi connectivity index (χ4v) is 1.98. The molecule has 0 saturated heterocycles. The molecule has 124 valence electrons. The Labute approximate surface area is 131 Å². The molecule has 1 aromatic heterocycles. The summed E-state index contributed by atoms with van der Waals surface area (Å²) in [7, 11) is 0. The molecule has 0 atom stereocenters. The maximum Gasteiger partial charge on any atom is 0.372 e. The molecule has 7 heteroatoms. The Balaban J connectivity index is 3.06. The normalized spacial score (nSPS) is 10.5. The summed E-state index contributed by atoms with van der Waals surface area (Å²) in [5.41, 5.74) is -0.162. The van der Waals surface area contributed by atoms with Gasteiger partial charge in [0.25, 0.3) is 5.88 Å². The summed E-state index contributed by atoms with van der Waals surface area (Å²) in [5.74, 6) is 0.922. The lowest BCUT2D eigenvalue weighted by atomic mass is 10.2. The van der Waals surface area contributed by atoms with Crippen LogP contribution in [0.4, 0.5) is 11.5 Å². The number of aromatic nitrogens is 2. The van der Waals surface area contributed by atoms with E-state index in [0.717, 1.165) is 32.1 Å². The van der Waals surface area contributed by atoms with E-state index in [9.17, 15) is 10.1 Å². The highest BCUT2D eigenvalue weighted by Gasteiger charge is 2.26. The van der Waals surface area contributed by atoms with Crippen LogP contribution in [0.2, 0.25) is 0 Å². The first-order valence-corrected chi connectivity index (χ1v) is 8.05. The maximum absolute atomic E-state index is 11.4. The minimum Gasteiger partial charge on any atom is -0.473 e. The molecule has 0 aromatic carbocycles. The first-order valence-electron chi connectivity index (χ1n) is 8.05. The zero-order valence-corrected chi connectivity index (χ0v) is 13.7. The molecule has 0 aliphatic heterocycles. The van der Waals surface area contributed by atoms with E-state index in [-0.39, 0.29) is 17.4 Å². The van der Waals surface area contributed by atoms with Crippen molar-refractivity contribution in [1.29, 1.82) is 0 Å². The fraction of sp³-hybridized carbons (Fsp3) is 0.733. The largest absolute Gasteiger partial charge is 0.473 e. The van der Waals surface area contributed by atoms with Crippen LogP contribution in [0.25, 0.3) is 0 Å². The van der Waals surface area contributed by atoms with Gasteiger partial charge in [0.15, 0.2) is 0 Å². The van der Waals surface area contributed by atoms with E-state index >= 15 is 0 Å². The van der Waals surface area contributed by atoms with Gasteiger partial charge in [0.1, 0.15) is 5.82 Å². The van der Waals surface area contributed by atoms with Crippen molar-refractivity contribution in [3.05, 3.63) is 15.9 Å². The highest BCUT2D eigenvalue weighted by atomic mass is 16.6. The van der Waals surface area contributed by atoms with Crippen molar-refractivity contribution < 1.29 is 9.66 Å². The summed E-state index contributed by atoms with van der Waals surface area (Å²) in [6.45, 7) is 7.14. The Kier molecular flexibility index (Phi) is 8.17. The predicted molar refractivity (Wildman–Crippen MR) is 86.5 cm³/mol. The second-order valence-corrected chi connectivity index (χ2v) is 5.13. The molecular weight excluding hydrogens is 284 g/mol. The minimum absolute atomic E-state index is 0.0725. The van der Waals surface area contributed by atoms with Gasteiger partial charge in [-0.1, -0.05) is 33.6 Å². The van der Waals surface area contributed by atoms with Crippen molar-refractivity contribution in [3.63, 3.8) is 0 Å². The average molecular weight is 310 g/mol. The topological polar surface area (TPSA) is 90.2 Å². The van der Waals surface area contributed by atoms with Crippen LogP contribution in [0.15, 0.2) is 0 Å². The van der Waals surface area contributed by atoms with E-state index in [0.29, 0.717) is 25.4 Å². The number of unbranched alkanes of at least 4 members (excludes halogenated alkanes) is 2. The van der Waals surface area contributed by atoms with Crippen molar-refractivity contribution in [3.8, 4) is 5.88 Å². The zero-order chi connectivity index (χ0) is 16.4. The van der Waals surface area contributed by atoms with Crippen molar-refractivity contribution in [2.75, 3.05) is 18.5 Å². The molecular formula is C15H26N4O3. The Hall–Kier alpha value is -1.92. The van der Waals surface area contributed by atoms with Crippen molar-refractivity contribution in [2.45, 2.75) is 59.3 Å². The molecule has 0 radical (unpaired) electrons. The van der Waals surface area contributed by atoms with E-state index < -0.39 is 4.92 Å². The number of nitrogens with one attached hydrogen (secondary N) is 1. The van der Waals surface area contributed by atoms with Gasteiger partial charge in [0, 0.05) is 13.0 Å². The average Bonchev–Trinajstić information content (AvgIpc) is 2.49. The van der Waals surface area contributed by atoms with E-state index in [1.54, 1.807) is 0 Å². The minimum atomic E-state index is -0.469. The number of ether oxygens (including phenoxy) is 1. The summed E-state index contributed by atoms with van der Waals surface area (Å²) in [4.78, 5) is 19.4. The third-order valence-electron chi connectivity index (χ3n) is 3.07. The molecule has 0 fully saturated rings. The smallest absolute Gasteiger partial charge is 0.372 e. The number of hydrogen-bond acceptors (Lipinski definition) is 6. The molecule has 0 bridgehead atoms. The number of anilines is 1. The summed E-state index contributed by atoms with van der Waals surface area (Å²) < 4.78 is 5.47. The van der Waals surface area contributed by atoms with Gasteiger partial charge < -0.3 is 10.1 Å². The molecule has 0 unspecified atom stereocenters. The predicted octanol–water partition coefficient (Wildman–Crippen LogP) is 3.73. The van der Waals surface area contributed by atoms with Gasteiger partial charge in [-0.2, -0.15) is 4.98 Å². The number of aryl methyl sites for hydroxylation is 1. The molecule has 0 saturated carbocycles. The SMILES string of the molecule is CCCCCNc1nc(CCC)nc(OCCC)c1[N+](=O)[O-]. The van der Waals surface area contributed by atoms with Crippen molar-refractivity contribution >= 4 is 11.5 Å². The molecule has 0 amide bonds. The van der Waals surface area contributed by atoms with E-state index in [1.807, 2.05) is 13.8 Å². The highest BCUT2D eigenvalue weighted by Crippen LogP contribution is 2.32. The molecule has 0 spiro atoms. The lowest BCUT2D eigenvalue weighted by molar-refractivity contribution is -0.385. The molecule has 0 aliphatic carbocycles. The van der Waals surface area contributed by atoms with Gasteiger partial charge >= 0.3 is 5.69 Å². The van der Waals surface area contributed by atoms with Crippen LogP contribution in [0.5, 0.6) is 5.88 Å². The van der Waals surface area contributed by atoms with Crippen LogP contribution in [-0.4, -0.2) is 28.0 Å². The third kappa shape index (κ3) is 5.46. The Morgan fingerprint density at radius 2 is 1.91 bits per heavy atom. The Morgan fingerprint density at radius 3 is 2.50 bits per heavy atom. The Morgan fingerprint density at radius 1 is 1.14 bits per heavy atom. The first kappa shape index (κ1) is 18.1. The van der Waals surface area contributed by atoms with Gasteiger partial charge in [-0.05, 0) is 19.3 Å². The summed E-state index contributed by atoms with van der Waals surface area (Å²) >= 11 is 0. The Bertz CT molecular complexity index is 480. The summed E-state index contributed by atoms with van der Waals surface area (Å²) in [5, 5.41) is 14.4. The molecule has 1 heterocycles. The van der Waals surface area contributed by atoms with E-state index in [1.165, 1.54) is 0 Å². The molecule has 1 rings (SSSR count). The lowest BCUT2D eigenvalue weighted by Crippen LogP contribution is -2.12. The molecule has 7 nitrogen and oxygen atoms in total. The van der Waals surface area contributed by atoms with Crippen molar-refractivity contribution in [1.82, 2.24) is 9.97 Å². The summed E-state index contributed by atoms with van der Waals surface area (Å²) in [6, 6.07) is 0. The van der Waals surface area contributed by atoms with Crippen LogP contribution in [0.1, 0.15) is 58.7 Å². The van der Waals surface area contributed by atoms with Gasteiger partial charge in [-0.15, -0.1) is 0 Å². The van der Waals surface area contributed by atoms with Crippen LogP contribution < -0.4 is 10.1 Å². The molecule has 22 heavy (non-hydrogen) atoms. The molecule has 0 aliphatic rings. The van der Waals surface area contributed by atoms with Gasteiger partial charge in [-0.25, -0.2) is 4.98 Å². The second kappa shape index (κ2) is 9.92. The summed E-state index contributed by atoms with van der Waals surface area (Å²) in [6.07, 6.45) is 5.44. The van der Waals surface area contributed by atoms with Crippen LogP contribution in [0.3, 0.4) is 0 Å². The molecule has 1 N–H and O–H groups in total. The second-order valence-electron chi connectivity index (χ2n) is 5.13. The van der Waals surface area contributed by atoms with Gasteiger partial charge in [0.2, 0.25) is 5.82 Å². The number of rotatable bonds is 11. The van der Waals surface area contributed by atoms with Crippen LogP contribution in [0, 0.1) is 10.1 Å². The quantitative estimate of drug-likeness (QED) is 0.380. The van der Waals surface area contributed by atoms with E-state index in [2.05, 4.69) is 22.2 Å². The first-order chi connectivity index (χ1) is 10.6. The lowest BCUT2D eigenvalue weighted by Gasteiger charge is -2.11. The standard InChI is InChI=1S/C15H26N4O3/c1-4-7-8-10-16-14-13(19(20)21)15(22-11-6-3)18-12(17-14)9-5-2/h4-11H2,1-3H3,(H,16,17,18). The number of hydrogen-bond donors (Lipinski definition) is 1. The zero-order valence-electron chi connectivity index (χ0n) is 13.7. The van der Waals surface area contributed by atoms with Crippen LogP contribution in [-0.2, 0) is 6.42 Å². The van der Waals surface area contributed by atoms with Crippen LogP contribution >= 0.6 is 0 Å². The monoisotopic (exact) mass is 310 g/mol. The van der Waals surface area contributed by atoms with Gasteiger partial charge in [-0.3, -0.25) is 10.1 Å². The fourth-order valence-electron chi connectivity index (χ4n) is 1.98. The number of nitrogens with zero attached hydrogens (tertiary/aromatic N) is 3. The number of nitro groups is 1. The van der Waals surface area contributed by atoms with Crippen molar-refractivity contribution in [2.24, 2.45) is 0 Å². The van der Waals surface area contributed by atoms with E-state index in [4.69, 9.17) is 4.74 Å². The third-order valence-corrected chi connectivity index (χ3v) is 3.07. The van der Waals surface area contributed by atoms with Gasteiger partial charge in [0.05, 0.1) is 11.5 Å². The highest BCUT2D eigenvalue weighted by molar-refractivity contribution is 5.61. The maximum atomic E-state index is 11.4. The molecule has 1 aromatic rings.